The van der Waals surface area contributed by atoms with E-state index in [9.17, 15) is 13.2 Å². The molecule has 1 aromatic heterocycles. The van der Waals surface area contributed by atoms with E-state index in [2.05, 4.69) is 20.2 Å². The molecule has 4 rings (SSSR count). The number of allylic oxidation sites excluding steroid dienone is 1. The van der Waals surface area contributed by atoms with Gasteiger partial charge in [0.25, 0.3) is 0 Å². The van der Waals surface area contributed by atoms with Gasteiger partial charge in [-0.2, -0.15) is 13.2 Å². The van der Waals surface area contributed by atoms with Gasteiger partial charge in [0.2, 0.25) is 5.95 Å². The maximum atomic E-state index is 13.1. The lowest BCUT2D eigenvalue weighted by Crippen LogP contribution is -2.38. The summed E-state index contributed by atoms with van der Waals surface area (Å²) in [5.74, 6) is -0.771. The number of alkyl halides is 3. The number of nitrogens with one attached hydrogen (secondary N) is 2. The van der Waals surface area contributed by atoms with Gasteiger partial charge in [-0.3, -0.25) is 4.90 Å². The minimum atomic E-state index is -4.13. The highest BCUT2D eigenvalue weighted by Crippen LogP contribution is 2.34. The Morgan fingerprint density at radius 3 is 2.61 bits per heavy atom. The fourth-order valence-electron chi connectivity index (χ4n) is 4.51. The van der Waals surface area contributed by atoms with Crippen molar-refractivity contribution in [3.05, 3.63) is 59.9 Å². The Balaban J connectivity index is 1.61. The lowest BCUT2D eigenvalue weighted by Gasteiger charge is -2.33. The first-order valence-electron chi connectivity index (χ1n) is 11.9. The van der Waals surface area contributed by atoms with Gasteiger partial charge in [0.1, 0.15) is 7.85 Å². The van der Waals surface area contributed by atoms with Crippen LogP contribution in [0.1, 0.15) is 24.0 Å². The summed E-state index contributed by atoms with van der Waals surface area (Å²) in [6.07, 6.45) is 1.04. The molecule has 3 aromatic rings. The van der Waals surface area contributed by atoms with Crippen LogP contribution >= 0.6 is 0 Å². The predicted octanol–water partition coefficient (Wildman–Crippen LogP) is 3.96. The smallest absolute Gasteiger partial charge is 0.383 e. The Bertz CT molecular complexity index is 1270. The molecular weight excluding hydrogens is 464 g/mol. The molecule has 1 fully saturated rings. The van der Waals surface area contributed by atoms with Crippen molar-refractivity contribution < 1.29 is 13.2 Å². The zero-order valence-electron chi connectivity index (χ0n) is 20.7. The van der Waals surface area contributed by atoms with Crippen LogP contribution in [0.25, 0.3) is 16.5 Å². The van der Waals surface area contributed by atoms with Crippen LogP contribution in [-0.2, 0) is 6.54 Å². The van der Waals surface area contributed by atoms with Crippen molar-refractivity contribution in [2.24, 2.45) is 5.92 Å². The fourth-order valence-corrected chi connectivity index (χ4v) is 4.51. The molecule has 0 unspecified atom stereocenters. The summed E-state index contributed by atoms with van der Waals surface area (Å²) in [5.41, 5.74) is 5.22. The molecule has 188 valence electrons. The first-order valence-corrected chi connectivity index (χ1v) is 11.9. The van der Waals surface area contributed by atoms with Crippen LogP contribution in [0.4, 0.5) is 24.8 Å². The van der Waals surface area contributed by atoms with Gasteiger partial charge in [0, 0.05) is 55.9 Å². The number of fused-ring (bicyclic) bond motifs is 1. The number of piperidine rings is 1. The number of benzene rings is 2. The summed E-state index contributed by atoms with van der Waals surface area (Å²) < 4.78 is 39.3. The third kappa shape index (κ3) is 6.43. The number of likely N-dealkylation sites (tertiary alicyclic amines) is 1. The molecule has 0 spiro atoms. The van der Waals surface area contributed by atoms with Gasteiger partial charge in [-0.05, 0) is 61.3 Å². The minimum Gasteiger partial charge on any atom is -0.383 e. The standard InChI is InChI=1S/C26H30BF3N6/c1-35(2)16-20(13-31)18-9-17(15-36-7-5-21(6-8-36)26(28,29)30)10-23(12-18)33-25-32-14-19-11-22(27)3-4-24(19)34-25/h3-4,9-14,16,21,31H,5-8,15,27H2,1-2H3,(H,32,33,34)/b20-16+,31-13?. The Kier molecular flexibility index (Phi) is 7.63. The second kappa shape index (κ2) is 10.7. The van der Waals surface area contributed by atoms with Crippen molar-refractivity contribution in [2.45, 2.75) is 25.6 Å². The van der Waals surface area contributed by atoms with E-state index in [-0.39, 0.29) is 12.8 Å². The summed E-state index contributed by atoms with van der Waals surface area (Å²) in [5, 5.41) is 12.2. The summed E-state index contributed by atoms with van der Waals surface area (Å²) in [7, 11) is 5.80. The third-order valence-electron chi connectivity index (χ3n) is 6.33. The lowest BCUT2D eigenvalue weighted by atomic mass is 9.95. The maximum Gasteiger partial charge on any atom is 0.391 e. The van der Waals surface area contributed by atoms with Gasteiger partial charge >= 0.3 is 6.18 Å². The van der Waals surface area contributed by atoms with Gasteiger partial charge < -0.3 is 15.6 Å². The van der Waals surface area contributed by atoms with Gasteiger partial charge in [-0.1, -0.05) is 17.6 Å². The highest BCUT2D eigenvalue weighted by Gasteiger charge is 2.40. The topological polar surface area (TPSA) is 68.1 Å². The van der Waals surface area contributed by atoms with E-state index < -0.39 is 12.1 Å². The molecule has 0 saturated carbocycles. The molecule has 1 aliphatic rings. The van der Waals surface area contributed by atoms with Crippen LogP contribution in [0.5, 0.6) is 0 Å². The third-order valence-corrected chi connectivity index (χ3v) is 6.33. The number of nitrogens with zero attached hydrogens (tertiary/aromatic N) is 4. The van der Waals surface area contributed by atoms with Crippen molar-refractivity contribution in [3.63, 3.8) is 0 Å². The first-order chi connectivity index (χ1) is 17.1. The highest BCUT2D eigenvalue weighted by atomic mass is 19.4. The van der Waals surface area contributed by atoms with Gasteiger partial charge in [0.15, 0.2) is 0 Å². The van der Waals surface area contributed by atoms with Crippen molar-refractivity contribution in [2.75, 3.05) is 32.5 Å². The van der Waals surface area contributed by atoms with Gasteiger partial charge in [-0.15, -0.1) is 0 Å². The lowest BCUT2D eigenvalue weighted by molar-refractivity contribution is -0.185. The minimum absolute atomic E-state index is 0.116. The molecule has 2 aromatic carbocycles. The van der Waals surface area contributed by atoms with E-state index in [1.54, 1.807) is 6.20 Å². The monoisotopic (exact) mass is 494 g/mol. The Labute approximate surface area is 210 Å². The number of halogens is 3. The number of anilines is 2. The molecule has 0 atom stereocenters. The van der Waals surface area contributed by atoms with E-state index in [1.165, 1.54) is 6.21 Å². The quantitative estimate of drug-likeness (QED) is 0.385. The SMILES string of the molecule is Bc1ccc2nc(Nc3cc(CN4CCC(C(F)(F)F)CC4)cc(/C(C=N)=C/N(C)C)c3)ncc2c1. The van der Waals surface area contributed by atoms with Crippen LogP contribution in [0.15, 0.2) is 48.8 Å². The zero-order valence-corrected chi connectivity index (χ0v) is 20.7. The predicted molar refractivity (Wildman–Crippen MR) is 142 cm³/mol. The molecular formula is C26H30BF3N6. The number of rotatable bonds is 7. The van der Waals surface area contributed by atoms with Gasteiger partial charge in [-0.25, -0.2) is 9.97 Å². The molecule has 36 heavy (non-hydrogen) atoms. The highest BCUT2D eigenvalue weighted by molar-refractivity contribution is 6.33. The Hall–Kier alpha value is -3.40. The van der Waals surface area contributed by atoms with E-state index in [0.717, 1.165) is 38.8 Å². The number of hydrogen-bond acceptors (Lipinski definition) is 6. The first kappa shape index (κ1) is 25.7. The molecule has 1 saturated heterocycles. The molecule has 0 radical (unpaired) electrons. The second-order valence-corrected chi connectivity index (χ2v) is 9.58. The van der Waals surface area contributed by atoms with Crippen LogP contribution in [0, 0.1) is 11.3 Å². The van der Waals surface area contributed by atoms with Crippen LogP contribution < -0.4 is 10.8 Å². The molecule has 10 heteroatoms. The van der Waals surface area contributed by atoms with Crippen molar-refractivity contribution >= 4 is 47.6 Å². The van der Waals surface area contributed by atoms with E-state index in [0.29, 0.717) is 25.6 Å². The molecule has 1 aliphatic heterocycles. The number of hydrogen-bond donors (Lipinski definition) is 2. The zero-order chi connectivity index (χ0) is 25.9. The average molecular weight is 494 g/mol. The van der Waals surface area contributed by atoms with Crippen LogP contribution in [0.3, 0.4) is 0 Å². The second-order valence-electron chi connectivity index (χ2n) is 9.58. The summed E-state index contributed by atoms with van der Waals surface area (Å²) >= 11 is 0. The molecule has 2 N–H and O–H groups in total. The molecule has 2 heterocycles. The Morgan fingerprint density at radius 1 is 1.19 bits per heavy atom. The fraction of sp³-hybridized carbons (Fsp3) is 0.346. The Morgan fingerprint density at radius 2 is 1.94 bits per heavy atom. The van der Waals surface area contributed by atoms with Crippen molar-refractivity contribution in [1.29, 1.82) is 5.41 Å². The summed E-state index contributed by atoms with van der Waals surface area (Å²) in [6, 6.07) is 11.9. The average Bonchev–Trinajstić information content (AvgIpc) is 2.82. The van der Waals surface area contributed by atoms with E-state index in [4.69, 9.17) is 5.41 Å². The van der Waals surface area contributed by atoms with Crippen LogP contribution in [-0.4, -0.2) is 67.2 Å². The van der Waals surface area contributed by atoms with Crippen molar-refractivity contribution in [3.8, 4) is 0 Å². The summed E-state index contributed by atoms with van der Waals surface area (Å²) in [4.78, 5) is 13.0. The normalized spacial score (nSPS) is 15.8. The van der Waals surface area contributed by atoms with Gasteiger partial charge in [0.05, 0.1) is 11.4 Å². The summed E-state index contributed by atoms with van der Waals surface area (Å²) in [6.45, 7) is 1.32. The van der Waals surface area contributed by atoms with E-state index in [1.807, 2.05) is 69.4 Å². The van der Waals surface area contributed by atoms with Crippen molar-refractivity contribution in [1.82, 2.24) is 19.8 Å². The molecule has 6 nitrogen and oxygen atoms in total. The molecule has 0 amide bonds. The number of aromatic nitrogens is 2. The van der Waals surface area contributed by atoms with Crippen LogP contribution in [0.2, 0.25) is 0 Å². The maximum absolute atomic E-state index is 13.1. The van der Waals surface area contributed by atoms with E-state index >= 15 is 0 Å². The molecule has 0 bridgehead atoms. The largest absolute Gasteiger partial charge is 0.391 e. The molecule has 0 aliphatic carbocycles.